The van der Waals surface area contributed by atoms with Gasteiger partial charge in [0.05, 0.1) is 0 Å². The Labute approximate surface area is 120 Å². The van der Waals surface area contributed by atoms with E-state index in [4.69, 9.17) is 0 Å². The Balaban J connectivity index is 2.05. The van der Waals surface area contributed by atoms with Gasteiger partial charge in [0.2, 0.25) is 5.91 Å². The fourth-order valence-electron chi connectivity index (χ4n) is 1.52. The second kappa shape index (κ2) is 8.23. The van der Waals surface area contributed by atoms with E-state index < -0.39 is 0 Å². The molecule has 1 amide bonds. The lowest BCUT2D eigenvalue weighted by Crippen LogP contribution is -2.38. The van der Waals surface area contributed by atoms with E-state index in [9.17, 15) is 4.79 Å². The molecule has 0 heterocycles. The molecule has 0 aromatic heterocycles. The fourth-order valence-corrected chi connectivity index (χ4v) is 2.30. The number of amides is 1. The second-order valence-electron chi connectivity index (χ2n) is 5.44. The predicted octanol–water partition coefficient (Wildman–Crippen LogP) is 2.67. The number of carbonyl (C=O) groups is 1. The lowest BCUT2D eigenvalue weighted by molar-refractivity contribution is -0.120. The second-order valence-corrected chi connectivity index (χ2v) is 6.61. The van der Waals surface area contributed by atoms with Crippen molar-refractivity contribution in [2.75, 3.05) is 18.8 Å². The van der Waals surface area contributed by atoms with E-state index in [1.54, 1.807) is 11.8 Å². The van der Waals surface area contributed by atoms with Crippen molar-refractivity contribution in [1.29, 1.82) is 0 Å². The molecule has 0 fully saturated rings. The summed E-state index contributed by atoms with van der Waals surface area (Å²) >= 11 is 1.76. The van der Waals surface area contributed by atoms with E-state index in [1.807, 2.05) is 18.2 Å². The predicted molar refractivity (Wildman–Crippen MR) is 82.5 cm³/mol. The van der Waals surface area contributed by atoms with E-state index in [2.05, 4.69) is 43.5 Å². The normalized spacial score (nSPS) is 11.3. The van der Waals surface area contributed by atoms with Gasteiger partial charge in [0.25, 0.3) is 0 Å². The molecule has 4 heteroatoms. The monoisotopic (exact) mass is 280 g/mol. The molecule has 0 radical (unpaired) electrons. The number of rotatable bonds is 7. The summed E-state index contributed by atoms with van der Waals surface area (Å²) in [6, 6.07) is 10.2. The van der Waals surface area contributed by atoms with E-state index in [0.717, 1.165) is 12.3 Å². The van der Waals surface area contributed by atoms with Crippen LogP contribution in [0.4, 0.5) is 0 Å². The largest absolute Gasteiger partial charge is 0.355 e. The van der Waals surface area contributed by atoms with Crippen LogP contribution < -0.4 is 10.6 Å². The molecular weight excluding hydrogens is 256 g/mol. The summed E-state index contributed by atoms with van der Waals surface area (Å²) < 4.78 is 0. The number of nitrogens with one attached hydrogen (secondary N) is 2. The molecular formula is C15H24N2OS. The third kappa shape index (κ3) is 8.67. The number of hydrogen-bond acceptors (Lipinski definition) is 3. The smallest absolute Gasteiger partial charge is 0.221 e. The molecule has 0 saturated heterocycles. The zero-order chi connectivity index (χ0) is 14.1. The summed E-state index contributed by atoms with van der Waals surface area (Å²) in [5, 5.41) is 6.24. The molecule has 106 valence electrons. The first-order valence-corrected chi connectivity index (χ1v) is 7.65. The topological polar surface area (TPSA) is 41.1 Å². The number of hydrogen-bond donors (Lipinski definition) is 2. The van der Waals surface area contributed by atoms with Crippen molar-refractivity contribution >= 4 is 17.7 Å². The van der Waals surface area contributed by atoms with Gasteiger partial charge in [-0.2, -0.15) is 0 Å². The van der Waals surface area contributed by atoms with Gasteiger partial charge in [-0.3, -0.25) is 4.79 Å². The average molecular weight is 280 g/mol. The molecule has 1 aromatic rings. The van der Waals surface area contributed by atoms with Crippen molar-refractivity contribution in [2.45, 2.75) is 37.6 Å². The molecule has 0 saturated carbocycles. The minimum absolute atomic E-state index is 0.0729. The fraction of sp³-hybridized carbons (Fsp3) is 0.533. The lowest BCUT2D eigenvalue weighted by Gasteiger charge is -2.20. The molecule has 1 aromatic carbocycles. The maximum atomic E-state index is 11.6. The van der Waals surface area contributed by atoms with Crippen LogP contribution in [0.25, 0.3) is 0 Å². The van der Waals surface area contributed by atoms with Crippen LogP contribution in [0.15, 0.2) is 35.2 Å². The van der Waals surface area contributed by atoms with Crippen molar-refractivity contribution < 1.29 is 4.79 Å². The van der Waals surface area contributed by atoms with Crippen LogP contribution in [-0.2, 0) is 4.79 Å². The summed E-state index contributed by atoms with van der Waals surface area (Å²) in [5.41, 5.74) is 0.0729. The minimum Gasteiger partial charge on any atom is -0.355 e. The molecule has 19 heavy (non-hydrogen) atoms. The molecule has 0 spiro atoms. The van der Waals surface area contributed by atoms with E-state index >= 15 is 0 Å². The Morgan fingerprint density at radius 2 is 1.84 bits per heavy atom. The minimum atomic E-state index is 0.0729. The third-order valence-electron chi connectivity index (χ3n) is 2.44. The van der Waals surface area contributed by atoms with Gasteiger partial charge in [-0.25, -0.2) is 0 Å². The zero-order valence-corrected chi connectivity index (χ0v) is 12.8. The van der Waals surface area contributed by atoms with E-state index in [1.165, 1.54) is 4.90 Å². The third-order valence-corrected chi connectivity index (χ3v) is 3.46. The highest BCUT2D eigenvalue weighted by atomic mass is 32.2. The summed E-state index contributed by atoms with van der Waals surface area (Å²) in [5.74, 6) is 1.02. The van der Waals surface area contributed by atoms with Crippen LogP contribution in [-0.4, -0.2) is 30.3 Å². The summed E-state index contributed by atoms with van der Waals surface area (Å²) in [4.78, 5) is 12.8. The molecule has 2 N–H and O–H groups in total. The van der Waals surface area contributed by atoms with E-state index in [-0.39, 0.29) is 11.4 Å². The maximum Gasteiger partial charge on any atom is 0.221 e. The SMILES string of the molecule is CC(C)(C)NCCC(=O)NCCSc1ccccc1. The molecule has 0 aliphatic rings. The average Bonchev–Trinajstić information content (AvgIpc) is 2.34. The molecule has 0 unspecified atom stereocenters. The van der Waals surface area contributed by atoms with Gasteiger partial charge in [0.1, 0.15) is 0 Å². The molecule has 0 aliphatic heterocycles. The Hall–Kier alpha value is -1.00. The first kappa shape index (κ1) is 16.1. The maximum absolute atomic E-state index is 11.6. The highest BCUT2D eigenvalue weighted by molar-refractivity contribution is 7.99. The molecule has 0 bridgehead atoms. The van der Waals surface area contributed by atoms with Crippen molar-refractivity contribution in [3.8, 4) is 0 Å². The van der Waals surface area contributed by atoms with Crippen molar-refractivity contribution in [1.82, 2.24) is 10.6 Å². The van der Waals surface area contributed by atoms with Crippen LogP contribution in [0.3, 0.4) is 0 Å². The van der Waals surface area contributed by atoms with Crippen LogP contribution >= 0.6 is 11.8 Å². The lowest BCUT2D eigenvalue weighted by atomic mass is 10.1. The summed E-state index contributed by atoms with van der Waals surface area (Å²) in [6.07, 6.45) is 0.535. The van der Waals surface area contributed by atoms with Gasteiger partial charge in [0.15, 0.2) is 0 Å². The van der Waals surface area contributed by atoms with Crippen LogP contribution in [0.5, 0.6) is 0 Å². The van der Waals surface area contributed by atoms with Gasteiger partial charge < -0.3 is 10.6 Å². The van der Waals surface area contributed by atoms with Gasteiger partial charge in [0, 0.05) is 35.7 Å². The van der Waals surface area contributed by atoms with Gasteiger partial charge in [-0.15, -0.1) is 11.8 Å². The van der Waals surface area contributed by atoms with Crippen LogP contribution in [0.1, 0.15) is 27.2 Å². The number of thioether (sulfide) groups is 1. The van der Waals surface area contributed by atoms with Crippen LogP contribution in [0.2, 0.25) is 0 Å². The van der Waals surface area contributed by atoms with Crippen molar-refractivity contribution in [3.63, 3.8) is 0 Å². The quantitative estimate of drug-likeness (QED) is 0.596. The van der Waals surface area contributed by atoms with Gasteiger partial charge in [-0.05, 0) is 32.9 Å². The molecule has 1 rings (SSSR count). The summed E-state index contributed by atoms with van der Waals surface area (Å²) in [7, 11) is 0. The number of carbonyl (C=O) groups excluding carboxylic acids is 1. The Morgan fingerprint density at radius 1 is 1.16 bits per heavy atom. The molecule has 0 atom stereocenters. The standard InChI is InChI=1S/C15H24N2OS/c1-15(2,3)17-10-9-14(18)16-11-12-19-13-7-5-4-6-8-13/h4-8,17H,9-12H2,1-3H3,(H,16,18). The highest BCUT2D eigenvalue weighted by Gasteiger charge is 2.09. The Bertz CT molecular complexity index is 373. The molecule has 0 aliphatic carbocycles. The summed E-state index contributed by atoms with van der Waals surface area (Å²) in [6.45, 7) is 7.74. The van der Waals surface area contributed by atoms with Gasteiger partial charge >= 0.3 is 0 Å². The Kier molecular flexibility index (Phi) is 6.95. The van der Waals surface area contributed by atoms with E-state index in [0.29, 0.717) is 13.0 Å². The first-order chi connectivity index (χ1) is 8.97. The van der Waals surface area contributed by atoms with Crippen LogP contribution in [0, 0.1) is 0 Å². The first-order valence-electron chi connectivity index (χ1n) is 6.67. The molecule has 3 nitrogen and oxygen atoms in total. The van der Waals surface area contributed by atoms with Crippen molar-refractivity contribution in [2.24, 2.45) is 0 Å². The van der Waals surface area contributed by atoms with Crippen molar-refractivity contribution in [3.05, 3.63) is 30.3 Å². The zero-order valence-electron chi connectivity index (χ0n) is 12.0. The Morgan fingerprint density at radius 3 is 2.47 bits per heavy atom. The number of benzene rings is 1. The highest BCUT2D eigenvalue weighted by Crippen LogP contribution is 2.15. The van der Waals surface area contributed by atoms with Gasteiger partial charge in [-0.1, -0.05) is 18.2 Å².